The number of nitrogens with zero attached hydrogens (tertiary/aromatic N) is 2. The molecule has 0 saturated carbocycles. The Labute approximate surface area is 165 Å². The van der Waals surface area contributed by atoms with Crippen LogP contribution in [0.15, 0.2) is 78.0 Å². The van der Waals surface area contributed by atoms with Crippen LogP contribution in [0, 0.1) is 5.82 Å². The average molecular weight is 411 g/mol. The van der Waals surface area contributed by atoms with Gasteiger partial charge in [-0.15, -0.1) is 0 Å². The Hall–Kier alpha value is -3.72. The van der Waals surface area contributed by atoms with E-state index in [1.165, 1.54) is 12.1 Å². The number of hydrogen-bond donors (Lipinski definition) is 2. The van der Waals surface area contributed by atoms with Gasteiger partial charge in [0, 0.05) is 11.4 Å². The van der Waals surface area contributed by atoms with Crippen molar-refractivity contribution < 1.29 is 22.7 Å². The second kappa shape index (κ2) is 7.02. The highest BCUT2D eigenvalue weighted by Gasteiger charge is 2.21. The van der Waals surface area contributed by atoms with Crippen molar-refractivity contribution in [1.82, 2.24) is 9.55 Å². The minimum Gasteiger partial charge on any atom is -0.478 e. The average Bonchev–Trinajstić information content (AvgIpc) is 3.12. The summed E-state index contributed by atoms with van der Waals surface area (Å²) in [6.45, 7) is 0. The summed E-state index contributed by atoms with van der Waals surface area (Å²) < 4.78 is 43.2. The summed E-state index contributed by atoms with van der Waals surface area (Å²) in [6.07, 6.45) is 1.66. The number of sulfonamides is 1. The van der Waals surface area contributed by atoms with Crippen molar-refractivity contribution >= 4 is 32.7 Å². The third kappa shape index (κ3) is 3.55. The normalized spacial score (nSPS) is 11.5. The molecule has 0 unspecified atom stereocenters. The first kappa shape index (κ1) is 18.6. The molecule has 3 aromatic carbocycles. The van der Waals surface area contributed by atoms with Crippen molar-refractivity contribution in [3.8, 4) is 5.69 Å². The molecule has 1 heterocycles. The first-order valence-electron chi connectivity index (χ1n) is 8.43. The van der Waals surface area contributed by atoms with Crippen LogP contribution in [-0.2, 0) is 10.0 Å². The Balaban J connectivity index is 1.63. The van der Waals surface area contributed by atoms with Gasteiger partial charge in [0.05, 0.1) is 16.6 Å². The minimum absolute atomic E-state index is 0.207. The molecule has 0 aliphatic rings. The summed E-state index contributed by atoms with van der Waals surface area (Å²) in [4.78, 5) is 14.6. The second-order valence-corrected chi connectivity index (χ2v) is 7.86. The van der Waals surface area contributed by atoms with Crippen LogP contribution < -0.4 is 4.72 Å². The molecule has 29 heavy (non-hydrogen) atoms. The minimum atomic E-state index is -4.31. The highest BCUT2D eigenvalue weighted by atomic mass is 32.2. The van der Waals surface area contributed by atoms with Gasteiger partial charge in [-0.3, -0.25) is 9.29 Å². The highest BCUT2D eigenvalue weighted by Crippen LogP contribution is 2.23. The molecule has 0 saturated heterocycles. The van der Waals surface area contributed by atoms with Gasteiger partial charge in [-0.05, 0) is 54.6 Å². The molecule has 2 N–H and O–H groups in total. The van der Waals surface area contributed by atoms with Crippen LogP contribution in [0.1, 0.15) is 10.4 Å². The lowest BCUT2D eigenvalue weighted by Gasteiger charge is -2.11. The van der Waals surface area contributed by atoms with Crippen molar-refractivity contribution in [3.05, 3.63) is 84.4 Å². The van der Waals surface area contributed by atoms with Gasteiger partial charge in [-0.1, -0.05) is 12.1 Å². The van der Waals surface area contributed by atoms with E-state index in [-0.39, 0.29) is 11.3 Å². The van der Waals surface area contributed by atoms with Crippen LogP contribution in [0.25, 0.3) is 16.7 Å². The van der Waals surface area contributed by atoms with Crippen LogP contribution in [0.4, 0.5) is 10.1 Å². The molecular weight excluding hydrogens is 397 g/mol. The van der Waals surface area contributed by atoms with Crippen molar-refractivity contribution in [3.63, 3.8) is 0 Å². The van der Waals surface area contributed by atoms with E-state index in [4.69, 9.17) is 5.11 Å². The number of fused-ring (bicyclic) bond motifs is 1. The van der Waals surface area contributed by atoms with E-state index in [0.717, 1.165) is 34.9 Å². The van der Waals surface area contributed by atoms with Crippen molar-refractivity contribution in [2.45, 2.75) is 4.90 Å². The number of rotatable bonds is 5. The van der Waals surface area contributed by atoms with Gasteiger partial charge in [0.2, 0.25) is 0 Å². The number of hydrogen-bond acceptors (Lipinski definition) is 4. The molecule has 0 atom stereocenters. The largest absolute Gasteiger partial charge is 0.478 e. The van der Waals surface area contributed by atoms with Crippen LogP contribution in [0.2, 0.25) is 0 Å². The molecule has 0 aliphatic heterocycles. The first-order valence-corrected chi connectivity index (χ1v) is 9.92. The number of nitrogens with one attached hydrogen (secondary N) is 1. The van der Waals surface area contributed by atoms with E-state index in [9.17, 15) is 17.6 Å². The van der Waals surface area contributed by atoms with Crippen molar-refractivity contribution in [2.75, 3.05) is 4.72 Å². The number of halogens is 1. The third-order valence-electron chi connectivity index (χ3n) is 4.32. The lowest BCUT2D eigenvalue weighted by molar-refractivity contribution is 0.0696. The molecule has 0 aliphatic carbocycles. The van der Waals surface area contributed by atoms with Crippen LogP contribution in [0.5, 0.6) is 0 Å². The SMILES string of the molecule is O=C(O)c1ccc(F)c(S(=O)(=O)Nc2ccc(-n3cnc4ccccc43)cc2)c1. The van der Waals surface area contributed by atoms with Crippen molar-refractivity contribution in [2.24, 2.45) is 0 Å². The summed E-state index contributed by atoms with van der Waals surface area (Å²) in [7, 11) is -4.31. The number of benzene rings is 3. The number of aromatic nitrogens is 2. The number of carboxylic acids is 1. The number of imidazole rings is 1. The first-order chi connectivity index (χ1) is 13.8. The maximum absolute atomic E-state index is 14.0. The smallest absolute Gasteiger partial charge is 0.335 e. The maximum atomic E-state index is 14.0. The maximum Gasteiger partial charge on any atom is 0.335 e. The molecule has 4 rings (SSSR count). The number of anilines is 1. The zero-order valence-electron chi connectivity index (χ0n) is 14.8. The molecule has 1 aromatic heterocycles. The number of para-hydroxylation sites is 2. The molecule has 0 fully saturated rings. The predicted molar refractivity (Wildman–Crippen MR) is 105 cm³/mol. The quantitative estimate of drug-likeness (QED) is 0.522. The third-order valence-corrected chi connectivity index (χ3v) is 5.72. The monoisotopic (exact) mass is 411 g/mol. The van der Waals surface area contributed by atoms with Crippen LogP contribution in [0.3, 0.4) is 0 Å². The standard InChI is InChI=1S/C20H14FN3O4S/c21-16-10-5-13(20(25)26)11-19(16)29(27,28)23-14-6-8-15(9-7-14)24-12-22-17-3-1-2-4-18(17)24/h1-12,23H,(H,25,26). The molecule has 0 spiro atoms. The van der Waals surface area contributed by atoms with E-state index in [1.807, 2.05) is 28.8 Å². The number of carbonyl (C=O) groups is 1. The number of aromatic carboxylic acids is 1. The molecule has 4 aromatic rings. The van der Waals surface area contributed by atoms with E-state index >= 15 is 0 Å². The summed E-state index contributed by atoms with van der Waals surface area (Å²) in [6, 6.07) is 16.6. The zero-order valence-corrected chi connectivity index (χ0v) is 15.6. The molecule has 0 radical (unpaired) electrons. The zero-order chi connectivity index (χ0) is 20.6. The van der Waals surface area contributed by atoms with Crippen LogP contribution >= 0.6 is 0 Å². The summed E-state index contributed by atoms with van der Waals surface area (Å²) in [5.74, 6) is -2.39. The molecule has 0 bridgehead atoms. The number of carboxylic acid groups (broad SMARTS) is 1. The summed E-state index contributed by atoms with van der Waals surface area (Å²) >= 11 is 0. The summed E-state index contributed by atoms with van der Waals surface area (Å²) in [5, 5.41) is 9.01. The van der Waals surface area contributed by atoms with E-state index < -0.39 is 26.7 Å². The molecular formula is C20H14FN3O4S. The Morgan fingerprint density at radius 1 is 1.03 bits per heavy atom. The second-order valence-electron chi connectivity index (χ2n) is 6.21. The molecule has 7 nitrogen and oxygen atoms in total. The Morgan fingerprint density at radius 3 is 2.48 bits per heavy atom. The van der Waals surface area contributed by atoms with Gasteiger partial charge < -0.3 is 5.11 Å². The van der Waals surface area contributed by atoms with Gasteiger partial charge in [-0.25, -0.2) is 22.6 Å². The lowest BCUT2D eigenvalue weighted by Crippen LogP contribution is -2.15. The highest BCUT2D eigenvalue weighted by molar-refractivity contribution is 7.92. The lowest BCUT2D eigenvalue weighted by atomic mass is 10.2. The van der Waals surface area contributed by atoms with Gasteiger partial charge in [0.15, 0.2) is 0 Å². The Bertz CT molecular complexity index is 1330. The molecule has 9 heteroatoms. The fraction of sp³-hybridized carbons (Fsp3) is 0. The van der Waals surface area contributed by atoms with Gasteiger partial charge in [0.1, 0.15) is 17.0 Å². The van der Waals surface area contributed by atoms with Gasteiger partial charge >= 0.3 is 5.97 Å². The fourth-order valence-corrected chi connectivity index (χ4v) is 4.07. The Morgan fingerprint density at radius 2 is 1.76 bits per heavy atom. The topological polar surface area (TPSA) is 101 Å². The van der Waals surface area contributed by atoms with E-state index in [2.05, 4.69) is 9.71 Å². The van der Waals surface area contributed by atoms with Gasteiger partial charge in [-0.2, -0.15) is 0 Å². The Kier molecular flexibility index (Phi) is 4.51. The molecule has 0 amide bonds. The van der Waals surface area contributed by atoms with Crippen molar-refractivity contribution in [1.29, 1.82) is 0 Å². The molecule has 146 valence electrons. The van der Waals surface area contributed by atoms with Gasteiger partial charge in [0.25, 0.3) is 10.0 Å². The van der Waals surface area contributed by atoms with Crippen LogP contribution in [-0.4, -0.2) is 29.0 Å². The van der Waals surface area contributed by atoms with E-state index in [1.54, 1.807) is 18.5 Å². The van der Waals surface area contributed by atoms with E-state index in [0.29, 0.717) is 0 Å². The fourth-order valence-electron chi connectivity index (χ4n) is 2.91. The predicted octanol–water partition coefficient (Wildman–Crippen LogP) is 3.66. The summed E-state index contributed by atoms with van der Waals surface area (Å²) in [5.41, 5.74) is 2.37.